The Kier molecular flexibility index (Phi) is 3.55. The number of halogens is 3. The van der Waals surface area contributed by atoms with E-state index in [1.165, 1.54) is 0 Å². The number of rotatable bonds is 2. The molecule has 1 unspecified atom stereocenters. The fourth-order valence-electron chi connectivity index (χ4n) is 1.27. The molecular weight excluding hydrogens is 197 g/mol. The van der Waals surface area contributed by atoms with Crippen LogP contribution in [-0.2, 0) is 9.47 Å². The van der Waals surface area contributed by atoms with E-state index >= 15 is 0 Å². The molecule has 1 aliphatic heterocycles. The summed E-state index contributed by atoms with van der Waals surface area (Å²) >= 11 is 0. The first-order chi connectivity index (χ1) is 6.41. The number of hydrogen-bond donors (Lipinski definition) is 0. The summed E-state index contributed by atoms with van der Waals surface area (Å²) in [5.74, 6) is -1.66. The molecule has 0 saturated carbocycles. The van der Waals surface area contributed by atoms with Gasteiger partial charge >= 0.3 is 6.18 Å². The van der Waals surface area contributed by atoms with Crippen LogP contribution in [0.15, 0.2) is 11.6 Å². The van der Waals surface area contributed by atoms with E-state index in [0.717, 1.165) is 6.08 Å². The van der Waals surface area contributed by atoms with Gasteiger partial charge in [-0.15, -0.1) is 0 Å². The molecule has 0 spiro atoms. The molecule has 0 aliphatic carbocycles. The monoisotopic (exact) mass is 210 g/mol. The minimum atomic E-state index is -4.31. The van der Waals surface area contributed by atoms with Crippen LogP contribution in [0.3, 0.4) is 0 Å². The van der Waals surface area contributed by atoms with Crippen LogP contribution < -0.4 is 0 Å². The summed E-state index contributed by atoms with van der Waals surface area (Å²) in [6.45, 7) is 3.70. The number of ether oxygens (including phenoxy) is 2. The molecule has 1 heterocycles. The van der Waals surface area contributed by atoms with Crippen molar-refractivity contribution in [3.8, 4) is 0 Å². The highest BCUT2D eigenvalue weighted by Gasteiger charge is 2.45. The lowest BCUT2D eigenvalue weighted by Gasteiger charge is -2.22. The quantitative estimate of drug-likeness (QED) is 0.652. The van der Waals surface area contributed by atoms with Crippen molar-refractivity contribution in [1.82, 2.24) is 0 Å². The zero-order chi connectivity index (χ0) is 10.8. The maximum atomic E-state index is 12.5. The highest BCUT2D eigenvalue weighted by atomic mass is 19.4. The lowest BCUT2D eigenvalue weighted by Crippen LogP contribution is -2.33. The van der Waals surface area contributed by atoms with Crippen LogP contribution in [0.4, 0.5) is 13.2 Å². The van der Waals surface area contributed by atoms with E-state index in [9.17, 15) is 13.2 Å². The molecule has 1 atom stereocenters. The maximum absolute atomic E-state index is 12.5. The normalized spacial score (nSPS) is 20.9. The predicted octanol–water partition coefficient (Wildman–Crippen LogP) is 2.50. The van der Waals surface area contributed by atoms with E-state index in [-0.39, 0.29) is 13.2 Å². The van der Waals surface area contributed by atoms with Gasteiger partial charge in [0.2, 0.25) is 0 Å². The van der Waals surface area contributed by atoms with Crippen molar-refractivity contribution in [2.45, 2.75) is 26.3 Å². The molecule has 0 amide bonds. The number of alkyl halides is 3. The molecule has 1 saturated heterocycles. The zero-order valence-electron chi connectivity index (χ0n) is 8.10. The molecule has 0 aromatic rings. The van der Waals surface area contributed by atoms with Gasteiger partial charge < -0.3 is 9.47 Å². The van der Waals surface area contributed by atoms with Crippen LogP contribution in [0.25, 0.3) is 0 Å². The molecule has 1 aliphatic rings. The zero-order valence-corrected chi connectivity index (χ0v) is 8.10. The summed E-state index contributed by atoms with van der Waals surface area (Å²) in [7, 11) is 0. The van der Waals surface area contributed by atoms with Gasteiger partial charge in [0.1, 0.15) is 5.92 Å². The smallest absolute Gasteiger partial charge is 0.349 e. The van der Waals surface area contributed by atoms with E-state index in [0.29, 0.717) is 5.57 Å². The number of allylic oxidation sites excluding steroid dienone is 1. The van der Waals surface area contributed by atoms with E-state index < -0.39 is 18.4 Å². The van der Waals surface area contributed by atoms with Gasteiger partial charge in [0.05, 0.1) is 13.2 Å². The average Bonchev–Trinajstić information content (AvgIpc) is 2.49. The van der Waals surface area contributed by atoms with Gasteiger partial charge in [0, 0.05) is 0 Å². The van der Waals surface area contributed by atoms with Crippen LogP contribution in [0.2, 0.25) is 0 Å². The van der Waals surface area contributed by atoms with Crippen molar-refractivity contribution < 1.29 is 22.6 Å². The van der Waals surface area contributed by atoms with Gasteiger partial charge in [-0.25, -0.2) is 0 Å². The van der Waals surface area contributed by atoms with Crippen molar-refractivity contribution in [2.24, 2.45) is 5.92 Å². The van der Waals surface area contributed by atoms with E-state index in [4.69, 9.17) is 9.47 Å². The summed E-state index contributed by atoms with van der Waals surface area (Å²) < 4.78 is 47.3. The van der Waals surface area contributed by atoms with Crippen molar-refractivity contribution in [3.05, 3.63) is 11.6 Å². The van der Waals surface area contributed by atoms with Crippen LogP contribution in [0.5, 0.6) is 0 Å². The average molecular weight is 210 g/mol. The topological polar surface area (TPSA) is 18.5 Å². The van der Waals surface area contributed by atoms with Gasteiger partial charge in [-0.2, -0.15) is 13.2 Å². The molecule has 0 radical (unpaired) electrons. The van der Waals surface area contributed by atoms with Crippen molar-refractivity contribution >= 4 is 0 Å². The lowest BCUT2D eigenvalue weighted by atomic mass is 10.1. The van der Waals surface area contributed by atoms with Crippen LogP contribution >= 0.6 is 0 Å². The maximum Gasteiger partial charge on any atom is 0.400 e. The second kappa shape index (κ2) is 4.31. The SMILES string of the molecule is CC(C)=CC(C1OCCO1)C(F)(F)F. The molecular formula is C9H13F3O2. The first-order valence-electron chi connectivity index (χ1n) is 4.36. The highest BCUT2D eigenvalue weighted by Crippen LogP contribution is 2.34. The Morgan fingerprint density at radius 2 is 1.79 bits per heavy atom. The van der Waals surface area contributed by atoms with Gasteiger partial charge in [-0.1, -0.05) is 11.6 Å². The largest absolute Gasteiger partial charge is 0.400 e. The van der Waals surface area contributed by atoms with E-state index in [1.807, 2.05) is 0 Å². The highest BCUT2D eigenvalue weighted by molar-refractivity contribution is 5.01. The third kappa shape index (κ3) is 2.99. The number of hydrogen-bond acceptors (Lipinski definition) is 2. The molecule has 0 N–H and O–H groups in total. The fourth-order valence-corrected chi connectivity index (χ4v) is 1.27. The van der Waals surface area contributed by atoms with Gasteiger partial charge in [-0.3, -0.25) is 0 Å². The Labute approximate surface area is 80.7 Å². The van der Waals surface area contributed by atoms with Crippen molar-refractivity contribution in [1.29, 1.82) is 0 Å². The second-order valence-corrected chi connectivity index (χ2v) is 3.42. The van der Waals surface area contributed by atoms with Crippen molar-refractivity contribution in [3.63, 3.8) is 0 Å². The van der Waals surface area contributed by atoms with E-state index in [2.05, 4.69) is 0 Å². The van der Waals surface area contributed by atoms with Crippen molar-refractivity contribution in [2.75, 3.05) is 13.2 Å². The summed E-state index contributed by atoms with van der Waals surface area (Å²) in [4.78, 5) is 0. The molecule has 1 fully saturated rings. The molecule has 82 valence electrons. The van der Waals surface area contributed by atoms with Crippen LogP contribution in [0.1, 0.15) is 13.8 Å². The third-order valence-electron chi connectivity index (χ3n) is 1.83. The lowest BCUT2D eigenvalue weighted by molar-refractivity contribution is -0.221. The molecule has 14 heavy (non-hydrogen) atoms. The van der Waals surface area contributed by atoms with Gasteiger partial charge in [0.15, 0.2) is 6.29 Å². The summed E-state index contributed by atoms with van der Waals surface area (Å²) in [6.07, 6.45) is -4.35. The standard InChI is InChI=1S/C9H13F3O2/c1-6(2)5-7(9(10,11)12)8-13-3-4-14-8/h5,7-8H,3-4H2,1-2H3. The summed E-state index contributed by atoms with van der Waals surface area (Å²) in [6, 6.07) is 0. The fraction of sp³-hybridized carbons (Fsp3) is 0.778. The molecule has 2 nitrogen and oxygen atoms in total. The Morgan fingerprint density at radius 3 is 2.14 bits per heavy atom. The Hall–Kier alpha value is -0.550. The summed E-state index contributed by atoms with van der Waals surface area (Å²) in [5, 5.41) is 0. The second-order valence-electron chi connectivity index (χ2n) is 3.42. The minimum Gasteiger partial charge on any atom is -0.349 e. The predicted molar refractivity (Wildman–Crippen MR) is 44.7 cm³/mol. The Bertz CT molecular complexity index is 213. The molecule has 1 rings (SSSR count). The molecule has 5 heteroatoms. The third-order valence-corrected chi connectivity index (χ3v) is 1.83. The molecule has 0 aromatic carbocycles. The molecule has 0 bridgehead atoms. The first-order valence-corrected chi connectivity index (χ1v) is 4.36. The van der Waals surface area contributed by atoms with Gasteiger partial charge in [-0.05, 0) is 13.8 Å². The van der Waals surface area contributed by atoms with Crippen LogP contribution in [-0.4, -0.2) is 25.7 Å². The van der Waals surface area contributed by atoms with E-state index in [1.54, 1.807) is 13.8 Å². The molecule has 0 aromatic heterocycles. The Morgan fingerprint density at radius 1 is 1.29 bits per heavy atom. The Balaban J connectivity index is 2.76. The minimum absolute atomic E-state index is 0.230. The van der Waals surface area contributed by atoms with Gasteiger partial charge in [0.25, 0.3) is 0 Å². The summed E-state index contributed by atoms with van der Waals surface area (Å²) in [5.41, 5.74) is 0.603. The first kappa shape index (κ1) is 11.5. The van der Waals surface area contributed by atoms with Crippen LogP contribution in [0, 0.1) is 5.92 Å².